The highest BCUT2D eigenvalue weighted by Gasteiger charge is 2.23. The van der Waals surface area contributed by atoms with Gasteiger partial charge in [-0.25, -0.2) is 9.97 Å². The second-order valence-electron chi connectivity index (χ2n) is 5.07. The molecule has 3 N–H and O–H groups in total. The zero-order chi connectivity index (χ0) is 17.7. The number of halogens is 1. The van der Waals surface area contributed by atoms with Crippen LogP contribution in [-0.2, 0) is 0 Å². The molecule has 0 saturated heterocycles. The summed E-state index contributed by atoms with van der Waals surface area (Å²) in [5.74, 6) is -0.582. The number of amides is 1. The van der Waals surface area contributed by atoms with Gasteiger partial charge < -0.3 is 5.32 Å². The standard InChI is InChI=1S/C14H15ClN6O3/c1-8(2)18-12-11(21(23)24)13(17-7-16-12)19-20-14(22)9-4-3-5-10(15)6-9/h3-8H,1-2H3,(H,20,22)(H2,16,17,18,19). The van der Waals surface area contributed by atoms with Crippen LogP contribution >= 0.6 is 11.6 Å². The molecule has 0 fully saturated rings. The first-order valence-electron chi connectivity index (χ1n) is 6.96. The summed E-state index contributed by atoms with van der Waals surface area (Å²) >= 11 is 5.82. The van der Waals surface area contributed by atoms with Gasteiger partial charge in [-0.2, -0.15) is 0 Å². The maximum Gasteiger partial charge on any atom is 0.354 e. The fourth-order valence-corrected chi connectivity index (χ4v) is 2.03. The fourth-order valence-electron chi connectivity index (χ4n) is 1.84. The van der Waals surface area contributed by atoms with Gasteiger partial charge in [0.2, 0.25) is 11.6 Å². The van der Waals surface area contributed by atoms with Gasteiger partial charge in [-0.1, -0.05) is 17.7 Å². The van der Waals surface area contributed by atoms with E-state index in [1.165, 1.54) is 6.07 Å². The van der Waals surface area contributed by atoms with Gasteiger partial charge in [0, 0.05) is 16.6 Å². The summed E-state index contributed by atoms with van der Waals surface area (Å²) in [5, 5.41) is 14.6. The number of benzene rings is 1. The number of nitrogens with one attached hydrogen (secondary N) is 3. The zero-order valence-electron chi connectivity index (χ0n) is 12.9. The molecule has 10 heteroatoms. The molecule has 2 aromatic rings. The van der Waals surface area contributed by atoms with Crippen LogP contribution in [0.5, 0.6) is 0 Å². The summed E-state index contributed by atoms with van der Waals surface area (Å²) in [6.07, 6.45) is 1.16. The van der Waals surface area contributed by atoms with Crippen LogP contribution < -0.4 is 16.2 Å². The topological polar surface area (TPSA) is 122 Å². The van der Waals surface area contributed by atoms with Crippen molar-refractivity contribution >= 4 is 34.8 Å². The molecule has 0 aliphatic rings. The molecule has 24 heavy (non-hydrogen) atoms. The van der Waals surface area contributed by atoms with Gasteiger partial charge in [0.05, 0.1) is 4.92 Å². The highest BCUT2D eigenvalue weighted by molar-refractivity contribution is 6.30. The van der Waals surface area contributed by atoms with Crippen LogP contribution in [0.3, 0.4) is 0 Å². The van der Waals surface area contributed by atoms with Crippen molar-refractivity contribution in [3.8, 4) is 0 Å². The number of hydrogen-bond donors (Lipinski definition) is 3. The van der Waals surface area contributed by atoms with E-state index in [1.807, 2.05) is 13.8 Å². The van der Waals surface area contributed by atoms with E-state index >= 15 is 0 Å². The Labute approximate surface area is 142 Å². The number of hydrazine groups is 1. The summed E-state index contributed by atoms with van der Waals surface area (Å²) in [5.41, 5.74) is 4.73. The Hall–Kier alpha value is -2.94. The van der Waals surface area contributed by atoms with Gasteiger partial charge in [-0.05, 0) is 32.0 Å². The van der Waals surface area contributed by atoms with Crippen molar-refractivity contribution in [2.24, 2.45) is 0 Å². The highest BCUT2D eigenvalue weighted by Crippen LogP contribution is 2.28. The van der Waals surface area contributed by atoms with Crippen molar-refractivity contribution in [2.75, 3.05) is 10.7 Å². The Bertz CT molecular complexity index is 768. The number of nitro groups is 1. The number of anilines is 2. The van der Waals surface area contributed by atoms with Gasteiger partial charge in [0.1, 0.15) is 6.33 Å². The smallest absolute Gasteiger partial charge is 0.354 e. The van der Waals surface area contributed by atoms with E-state index in [0.717, 1.165) is 6.33 Å². The van der Waals surface area contributed by atoms with E-state index < -0.39 is 10.8 Å². The Balaban J connectivity index is 2.20. The molecule has 1 heterocycles. The third-order valence-corrected chi connectivity index (χ3v) is 3.05. The SMILES string of the molecule is CC(C)Nc1ncnc(NNC(=O)c2cccc(Cl)c2)c1[N+](=O)[O-]. The molecule has 0 unspecified atom stereocenters. The summed E-state index contributed by atoms with van der Waals surface area (Å²) in [6, 6.07) is 6.22. The van der Waals surface area contributed by atoms with Crippen molar-refractivity contribution in [3.63, 3.8) is 0 Å². The van der Waals surface area contributed by atoms with E-state index in [4.69, 9.17) is 11.6 Å². The third kappa shape index (κ3) is 4.29. The van der Waals surface area contributed by atoms with E-state index in [2.05, 4.69) is 26.1 Å². The second-order valence-corrected chi connectivity index (χ2v) is 5.50. The van der Waals surface area contributed by atoms with E-state index in [-0.39, 0.29) is 23.4 Å². The highest BCUT2D eigenvalue weighted by atomic mass is 35.5. The second kappa shape index (κ2) is 7.55. The number of aromatic nitrogens is 2. The number of nitrogens with zero attached hydrogens (tertiary/aromatic N) is 3. The Kier molecular flexibility index (Phi) is 5.48. The predicted molar refractivity (Wildman–Crippen MR) is 90.0 cm³/mol. The van der Waals surface area contributed by atoms with Crippen molar-refractivity contribution in [1.29, 1.82) is 0 Å². The lowest BCUT2D eigenvalue weighted by molar-refractivity contribution is -0.383. The molecule has 1 aromatic heterocycles. The Morgan fingerprint density at radius 1 is 1.29 bits per heavy atom. The molecule has 0 saturated carbocycles. The van der Waals surface area contributed by atoms with Crippen LogP contribution in [0.25, 0.3) is 0 Å². The summed E-state index contributed by atoms with van der Waals surface area (Å²) in [6.45, 7) is 3.64. The first-order chi connectivity index (χ1) is 11.4. The first-order valence-corrected chi connectivity index (χ1v) is 7.34. The lowest BCUT2D eigenvalue weighted by atomic mass is 10.2. The molecule has 1 aromatic carbocycles. The molecule has 0 atom stereocenters. The maximum absolute atomic E-state index is 12.1. The van der Waals surface area contributed by atoms with Gasteiger partial charge in [-0.15, -0.1) is 0 Å². The zero-order valence-corrected chi connectivity index (χ0v) is 13.7. The van der Waals surface area contributed by atoms with Crippen LogP contribution in [0.1, 0.15) is 24.2 Å². The van der Waals surface area contributed by atoms with E-state index in [1.54, 1.807) is 18.2 Å². The molecule has 0 bridgehead atoms. The monoisotopic (exact) mass is 350 g/mol. The minimum atomic E-state index is -0.626. The molecular weight excluding hydrogens is 336 g/mol. The third-order valence-electron chi connectivity index (χ3n) is 2.81. The van der Waals surface area contributed by atoms with Crippen LogP contribution in [0.2, 0.25) is 5.02 Å². The molecule has 2 rings (SSSR count). The van der Waals surface area contributed by atoms with Crippen LogP contribution in [0, 0.1) is 10.1 Å². The Morgan fingerprint density at radius 2 is 2.00 bits per heavy atom. The molecular formula is C14H15ClN6O3. The molecule has 0 aliphatic heterocycles. The number of carbonyl (C=O) groups excluding carboxylic acids is 1. The van der Waals surface area contributed by atoms with Gasteiger partial charge in [0.15, 0.2) is 0 Å². The Morgan fingerprint density at radius 3 is 2.62 bits per heavy atom. The van der Waals surface area contributed by atoms with Crippen LogP contribution in [0.15, 0.2) is 30.6 Å². The maximum atomic E-state index is 12.1. The fraction of sp³-hybridized carbons (Fsp3) is 0.214. The lowest BCUT2D eigenvalue weighted by Crippen LogP contribution is -2.30. The number of rotatable bonds is 6. The summed E-state index contributed by atoms with van der Waals surface area (Å²) in [4.78, 5) is 30.4. The minimum absolute atomic E-state index is 0.0597. The van der Waals surface area contributed by atoms with Crippen molar-refractivity contribution in [1.82, 2.24) is 15.4 Å². The average molecular weight is 351 g/mol. The average Bonchev–Trinajstić information content (AvgIpc) is 2.51. The number of carbonyl (C=O) groups is 1. The predicted octanol–water partition coefficient (Wildman–Crippen LogP) is 2.62. The molecule has 1 amide bonds. The van der Waals surface area contributed by atoms with E-state index in [9.17, 15) is 14.9 Å². The number of hydrogen-bond acceptors (Lipinski definition) is 7. The van der Waals surface area contributed by atoms with Gasteiger partial charge in [0.25, 0.3) is 5.91 Å². The van der Waals surface area contributed by atoms with Crippen molar-refractivity contribution in [2.45, 2.75) is 19.9 Å². The molecule has 126 valence electrons. The van der Waals surface area contributed by atoms with Crippen molar-refractivity contribution < 1.29 is 9.72 Å². The molecule has 0 aliphatic carbocycles. The largest absolute Gasteiger partial charge is 0.362 e. The summed E-state index contributed by atoms with van der Waals surface area (Å²) in [7, 11) is 0. The molecule has 0 spiro atoms. The normalized spacial score (nSPS) is 10.3. The summed E-state index contributed by atoms with van der Waals surface area (Å²) < 4.78 is 0. The van der Waals surface area contributed by atoms with Crippen molar-refractivity contribution in [3.05, 3.63) is 51.3 Å². The van der Waals surface area contributed by atoms with Crippen LogP contribution in [0.4, 0.5) is 17.3 Å². The molecule has 9 nitrogen and oxygen atoms in total. The van der Waals surface area contributed by atoms with Gasteiger partial charge in [-0.3, -0.25) is 25.8 Å². The van der Waals surface area contributed by atoms with Crippen LogP contribution in [-0.4, -0.2) is 26.8 Å². The van der Waals surface area contributed by atoms with E-state index in [0.29, 0.717) is 10.6 Å². The minimum Gasteiger partial charge on any atom is -0.362 e. The lowest BCUT2D eigenvalue weighted by Gasteiger charge is -2.12. The molecule has 0 radical (unpaired) electrons. The first kappa shape index (κ1) is 17.4. The van der Waals surface area contributed by atoms with Gasteiger partial charge >= 0.3 is 5.69 Å². The quantitative estimate of drug-likeness (QED) is 0.540.